The van der Waals surface area contributed by atoms with E-state index in [0.29, 0.717) is 28.2 Å². The van der Waals surface area contributed by atoms with Crippen LogP contribution in [0.15, 0.2) is 24.3 Å². The number of nitrogens with zero attached hydrogens (tertiary/aromatic N) is 2. The molecule has 0 N–H and O–H groups in total. The predicted octanol–water partition coefficient (Wildman–Crippen LogP) is 4.67. The van der Waals surface area contributed by atoms with Crippen molar-refractivity contribution in [3.63, 3.8) is 0 Å². The molecule has 0 aliphatic carbocycles. The van der Waals surface area contributed by atoms with Crippen LogP contribution in [0.5, 0.6) is 11.6 Å². The van der Waals surface area contributed by atoms with Crippen molar-refractivity contribution in [1.82, 2.24) is 9.97 Å². The lowest BCUT2D eigenvalue weighted by molar-refractivity contribution is 0.444. The molecule has 0 fully saturated rings. The summed E-state index contributed by atoms with van der Waals surface area (Å²) in [4.78, 5) is 8.53. The van der Waals surface area contributed by atoms with E-state index in [-0.39, 0.29) is 11.2 Å². The van der Waals surface area contributed by atoms with E-state index >= 15 is 0 Å². The monoisotopic (exact) mass is 294 g/mol. The first-order valence-corrected chi connectivity index (χ1v) is 6.62. The highest BCUT2D eigenvalue weighted by Gasteiger charge is 2.19. The molecule has 20 heavy (non-hydrogen) atoms. The van der Waals surface area contributed by atoms with Crippen LogP contribution in [-0.2, 0) is 5.41 Å². The number of rotatable bonds is 2. The normalized spacial score (nSPS) is 11.5. The number of benzene rings is 1. The Morgan fingerprint density at radius 2 is 1.85 bits per heavy atom. The van der Waals surface area contributed by atoms with Gasteiger partial charge in [0, 0.05) is 11.5 Å². The van der Waals surface area contributed by atoms with Gasteiger partial charge in [-0.25, -0.2) is 9.37 Å². The molecule has 0 aliphatic rings. The van der Waals surface area contributed by atoms with E-state index in [1.807, 2.05) is 20.8 Å². The van der Waals surface area contributed by atoms with Gasteiger partial charge in [0.2, 0.25) is 5.88 Å². The largest absolute Gasteiger partial charge is 0.439 e. The molecule has 106 valence electrons. The molecule has 1 aromatic heterocycles. The average molecular weight is 295 g/mol. The number of hydrogen-bond acceptors (Lipinski definition) is 3. The second kappa shape index (κ2) is 5.37. The van der Waals surface area contributed by atoms with E-state index in [9.17, 15) is 4.39 Å². The maximum atomic E-state index is 13.2. The van der Waals surface area contributed by atoms with Crippen molar-refractivity contribution in [2.45, 2.75) is 33.1 Å². The molecule has 0 bridgehead atoms. The summed E-state index contributed by atoms with van der Waals surface area (Å²) in [5.74, 6) is 1.19. The van der Waals surface area contributed by atoms with Crippen molar-refractivity contribution in [1.29, 1.82) is 0 Å². The van der Waals surface area contributed by atoms with Crippen molar-refractivity contribution in [2.24, 2.45) is 0 Å². The van der Waals surface area contributed by atoms with Crippen LogP contribution in [0.4, 0.5) is 4.39 Å². The summed E-state index contributed by atoms with van der Waals surface area (Å²) >= 11 is 5.99. The summed E-state index contributed by atoms with van der Waals surface area (Å²) in [5, 5.41) is 0.318. The number of aryl methyl sites for hydroxylation is 1. The smallest absolute Gasteiger partial charge is 0.224 e. The lowest BCUT2D eigenvalue weighted by Gasteiger charge is -2.17. The molecule has 2 rings (SSSR count). The second-order valence-corrected chi connectivity index (χ2v) is 6.00. The lowest BCUT2D eigenvalue weighted by atomic mass is 9.96. The zero-order valence-electron chi connectivity index (χ0n) is 11.9. The van der Waals surface area contributed by atoms with Crippen molar-refractivity contribution < 1.29 is 9.13 Å². The van der Waals surface area contributed by atoms with E-state index in [0.717, 1.165) is 0 Å². The van der Waals surface area contributed by atoms with Gasteiger partial charge in [0.25, 0.3) is 0 Å². The topological polar surface area (TPSA) is 35.0 Å². The summed E-state index contributed by atoms with van der Waals surface area (Å²) < 4.78 is 18.8. The van der Waals surface area contributed by atoms with Crippen LogP contribution in [0.1, 0.15) is 32.2 Å². The molecule has 1 aromatic carbocycles. The fourth-order valence-electron chi connectivity index (χ4n) is 1.59. The maximum absolute atomic E-state index is 13.2. The summed E-state index contributed by atoms with van der Waals surface area (Å²) in [6, 6.07) is 6.06. The molecule has 5 heteroatoms. The first kappa shape index (κ1) is 14.7. The molecule has 0 saturated carbocycles. The van der Waals surface area contributed by atoms with Gasteiger partial charge in [0.1, 0.15) is 22.5 Å². The maximum Gasteiger partial charge on any atom is 0.224 e. The Morgan fingerprint density at radius 1 is 1.15 bits per heavy atom. The van der Waals surface area contributed by atoms with Gasteiger partial charge in [-0.2, -0.15) is 4.98 Å². The summed E-state index contributed by atoms with van der Waals surface area (Å²) in [5.41, 5.74) is 0.278. The molecular weight excluding hydrogens is 279 g/mol. The zero-order chi connectivity index (χ0) is 14.9. The molecular formula is C15H16ClFN2O. The van der Waals surface area contributed by atoms with Crippen molar-refractivity contribution in [3.05, 3.63) is 46.6 Å². The minimum absolute atomic E-state index is 0.234. The van der Waals surface area contributed by atoms with Gasteiger partial charge >= 0.3 is 0 Å². The van der Waals surface area contributed by atoms with Gasteiger partial charge in [-0.05, 0) is 30.7 Å². The van der Waals surface area contributed by atoms with Crippen LogP contribution in [0.25, 0.3) is 0 Å². The van der Waals surface area contributed by atoms with Gasteiger partial charge in [0.05, 0.1) is 0 Å². The van der Waals surface area contributed by atoms with E-state index in [1.165, 1.54) is 12.1 Å². The lowest BCUT2D eigenvalue weighted by Crippen LogP contribution is -2.16. The van der Waals surface area contributed by atoms with Crippen LogP contribution in [-0.4, -0.2) is 9.97 Å². The fourth-order valence-corrected chi connectivity index (χ4v) is 1.76. The van der Waals surface area contributed by atoms with E-state index < -0.39 is 0 Å². The zero-order valence-corrected chi connectivity index (χ0v) is 12.6. The van der Waals surface area contributed by atoms with Crippen LogP contribution in [0, 0.1) is 12.7 Å². The highest BCUT2D eigenvalue weighted by molar-refractivity contribution is 6.29. The quantitative estimate of drug-likeness (QED) is 0.755. The van der Waals surface area contributed by atoms with Crippen LogP contribution in [0.3, 0.4) is 0 Å². The Kier molecular flexibility index (Phi) is 3.95. The SMILES string of the molecule is Cc1cc(Oc2cc(Cl)nc(C(C)(C)C)n2)ccc1F. The van der Waals surface area contributed by atoms with E-state index in [2.05, 4.69) is 9.97 Å². The molecule has 0 spiro atoms. The van der Waals surface area contributed by atoms with Gasteiger partial charge < -0.3 is 4.74 Å². The van der Waals surface area contributed by atoms with Crippen LogP contribution >= 0.6 is 11.6 Å². The average Bonchev–Trinajstić information content (AvgIpc) is 2.32. The first-order chi connectivity index (χ1) is 9.25. The standard InChI is InChI=1S/C15H16ClFN2O/c1-9-7-10(5-6-11(9)17)20-13-8-12(16)18-14(19-13)15(2,3)4/h5-8H,1-4H3. The Morgan fingerprint density at radius 3 is 2.45 bits per heavy atom. The minimum Gasteiger partial charge on any atom is -0.439 e. The third kappa shape index (κ3) is 3.45. The van der Waals surface area contributed by atoms with Crippen LogP contribution in [0.2, 0.25) is 5.15 Å². The summed E-state index contributed by atoms with van der Waals surface area (Å²) in [6.07, 6.45) is 0. The number of hydrogen-bond donors (Lipinski definition) is 0. The van der Waals surface area contributed by atoms with Crippen molar-refractivity contribution >= 4 is 11.6 Å². The molecule has 2 aromatic rings. The molecule has 0 unspecified atom stereocenters. The Hall–Kier alpha value is -1.68. The molecule has 0 radical (unpaired) electrons. The highest BCUT2D eigenvalue weighted by atomic mass is 35.5. The molecule has 0 aliphatic heterocycles. The Labute approximate surface area is 122 Å². The summed E-state index contributed by atoms with van der Waals surface area (Å²) in [7, 11) is 0. The number of halogens is 2. The van der Waals surface area contributed by atoms with Gasteiger partial charge in [-0.3, -0.25) is 0 Å². The van der Waals surface area contributed by atoms with Gasteiger partial charge in [-0.15, -0.1) is 0 Å². The molecule has 0 saturated heterocycles. The molecule has 3 nitrogen and oxygen atoms in total. The Balaban J connectivity index is 2.33. The van der Waals surface area contributed by atoms with E-state index in [4.69, 9.17) is 16.3 Å². The molecule has 0 atom stereocenters. The van der Waals surface area contributed by atoms with Crippen LogP contribution < -0.4 is 4.74 Å². The van der Waals surface area contributed by atoms with Gasteiger partial charge in [0.15, 0.2) is 0 Å². The summed E-state index contributed by atoms with van der Waals surface area (Å²) in [6.45, 7) is 7.65. The number of aromatic nitrogens is 2. The molecule has 0 amide bonds. The highest BCUT2D eigenvalue weighted by Crippen LogP contribution is 2.27. The number of ether oxygens (including phenoxy) is 1. The van der Waals surface area contributed by atoms with Gasteiger partial charge in [-0.1, -0.05) is 32.4 Å². The predicted molar refractivity (Wildman–Crippen MR) is 77.0 cm³/mol. The first-order valence-electron chi connectivity index (χ1n) is 6.25. The third-order valence-corrected chi connectivity index (χ3v) is 2.89. The molecule has 1 heterocycles. The van der Waals surface area contributed by atoms with Crippen molar-refractivity contribution in [3.8, 4) is 11.6 Å². The Bertz CT molecular complexity index is 638. The minimum atomic E-state index is -0.270. The van der Waals surface area contributed by atoms with E-state index in [1.54, 1.807) is 19.1 Å². The second-order valence-electron chi connectivity index (χ2n) is 5.62. The fraction of sp³-hybridized carbons (Fsp3) is 0.333. The van der Waals surface area contributed by atoms with Crippen molar-refractivity contribution in [2.75, 3.05) is 0 Å². The third-order valence-electron chi connectivity index (χ3n) is 2.69.